The molecule has 52 heavy (non-hydrogen) atoms. The summed E-state index contributed by atoms with van der Waals surface area (Å²) < 4.78 is 0. The van der Waals surface area contributed by atoms with E-state index in [1.807, 2.05) is 49.4 Å². The zero-order valence-electron chi connectivity index (χ0n) is 29.3. The number of aromatic amines is 1. The molecule has 4 atom stereocenters. The summed E-state index contributed by atoms with van der Waals surface area (Å²) in [5.74, 6) is -0.163. The van der Waals surface area contributed by atoms with Gasteiger partial charge < -0.3 is 22.1 Å². The van der Waals surface area contributed by atoms with Gasteiger partial charge in [-0.05, 0) is 128 Å². The third kappa shape index (κ3) is 8.16. The zero-order chi connectivity index (χ0) is 35.5. The maximum Gasteiger partial charge on any atom is 0.270 e. The van der Waals surface area contributed by atoms with Crippen molar-refractivity contribution in [3.63, 3.8) is 0 Å². The maximum absolute atomic E-state index is 14.2. The van der Waals surface area contributed by atoms with Crippen LogP contribution in [0.1, 0.15) is 73.0 Å². The first-order valence-electron chi connectivity index (χ1n) is 18.0. The van der Waals surface area contributed by atoms with Crippen LogP contribution in [0, 0.1) is 18.8 Å². The van der Waals surface area contributed by atoms with Crippen molar-refractivity contribution in [2.24, 2.45) is 23.3 Å². The van der Waals surface area contributed by atoms with E-state index in [2.05, 4.69) is 36.2 Å². The Bertz CT molecular complexity index is 1830. The van der Waals surface area contributed by atoms with Crippen LogP contribution in [0.4, 0.5) is 5.69 Å². The fourth-order valence-corrected chi connectivity index (χ4v) is 8.14. The molecule has 3 amide bonds. The van der Waals surface area contributed by atoms with Crippen LogP contribution < -0.4 is 27.0 Å². The highest BCUT2D eigenvalue weighted by atomic mass is 35.5. The Kier molecular flexibility index (Phi) is 11.6. The van der Waals surface area contributed by atoms with Gasteiger partial charge in [-0.2, -0.15) is 0 Å². The average molecular weight is 727 g/mol. The number of nitrogens with two attached hydrogens (primary N) is 2. The van der Waals surface area contributed by atoms with Crippen LogP contribution in [0.2, 0.25) is 0 Å². The van der Waals surface area contributed by atoms with Crippen molar-refractivity contribution in [1.29, 1.82) is 0 Å². The van der Waals surface area contributed by atoms with E-state index in [-0.39, 0.29) is 42.6 Å². The van der Waals surface area contributed by atoms with Gasteiger partial charge >= 0.3 is 0 Å². The van der Waals surface area contributed by atoms with Gasteiger partial charge in [0.2, 0.25) is 11.8 Å². The number of piperidine rings is 1. The van der Waals surface area contributed by atoms with Gasteiger partial charge in [-0.1, -0.05) is 24.3 Å². The minimum absolute atomic E-state index is 0. The number of tetrazole rings is 1. The Morgan fingerprint density at radius 2 is 1.62 bits per heavy atom. The average Bonchev–Trinajstić information content (AvgIpc) is 3.81. The number of anilines is 1. The maximum atomic E-state index is 14.2. The number of nitrogens with one attached hydrogen (secondary N) is 3. The second-order valence-electron chi connectivity index (χ2n) is 14.4. The molecular weight excluding hydrogens is 680 g/mol. The van der Waals surface area contributed by atoms with Gasteiger partial charge in [0.05, 0.1) is 0 Å². The molecule has 2 aromatic heterocycles. The number of carbonyl (C=O) groups excluding carboxylic acids is 3. The fraction of sp³-hybridized carbons (Fsp3) is 0.447. The minimum Gasteiger partial charge on any atom is -0.368 e. The van der Waals surface area contributed by atoms with E-state index in [0.717, 1.165) is 53.5 Å². The first-order chi connectivity index (χ1) is 24.7. The topological polar surface area (TPSA) is 198 Å². The molecule has 1 aliphatic carbocycles. The van der Waals surface area contributed by atoms with Crippen molar-refractivity contribution in [2.75, 3.05) is 11.4 Å². The van der Waals surface area contributed by atoms with Crippen LogP contribution >= 0.6 is 12.4 Å². The van der Waals surface area contributed by atoms with E-state index in [9.17, 15) is 14.4 Å². The molecular formula is C38H47ClN10O3. The third-order valence-electron chi connectivity index (χ3n) is 11.0. The fourth-order valence-electron chi connectivity index (χ4n) is 8.14. The lowest BCUT2D eigenvalue weighted by molar-refractivity contribution is -0.127. The summed E-state index contributed by atoms with van der Waals surface area (Å²) >= 11 is 0. The molecule has 7 N–H and O–H groups in total. The number of aromatic nitrogens is 5. The second kappa shape index (κ2) is 16.3. The zero-order valence-corrected chi connectivity index (χ0v) is 30.1. The van der Waals surface area contributed by atoms with Gasteiger partial charge in [-0.3, -0.25) is 24.3 Å². The number of aryl methyl sites for hydroxylation is 1. The summed E-state index contributed by atoms with van der Waals surface area (Å²) in [6, 6.07) is 17.2. The lowest BCUT2D eigenvalue weighted by atomic mass is 9.81. The predicted octanol–water partition coefficient (Wildman–Crippen LogP) is 3.87. The summed E-state index contributed by atoms with van der Waals surface area (Å²) in [4.78, 5) is 46.6. The van der Waals surface area contributed by atoms with Crippen LogP contribution in [0.15, 0.2) is 60.8 Å². The molecule has 4 heterocycles. The SMILES string of the molecule is Cc1cc(C(=O)NC2C[C@H]3CC[C@@H](C2)N3)ncc1-c1ccc(C[C@@H](C(N)=O)N(c2ccc(-c3nnn[nH]3)cc2)C(=O)[C@H]2CC[C@H](CN)CC2)cc1.Cl. The highest BCUT2D eigenvalue weighted by Crippen LogP contribution is 2.33. The molecule has 0 spiro atoms. The Hall–Kier alpha value is -4.72. The molecule has 2 aliphatic heterocycles. The van der Waals surface area contributed by atoms with Crippen molar-refractivity contribution in [1.82, 2.24) is 36.2 Å². The number of fused-ring (bicyclic) bond motifs is 2. The van der Waals surface area contributed by atoms with Crippen LogP contribution in [0.25, 0.3) is 22.5 Å². The van der Waals surface area contributed by atoms with Crippen molar-refractivity contribution in [3.05, 3.63) is 77.6 Å². The van der Waals surface area contributed by atoms with Crippen molar-refractivity contribution in [3.8, 4) is 22.5 Å². The Morgan fingerprint density at radius 1 is 0.942 bits per heavy atom. The number of H-pyrrole nitrogens is 1. The summed E-state index contributed by atoms with van der Waals surface area (Å²) in [5.41, 5.74) is 17.4. The molecule has 3 aliphatic rings. The van der Waals surface area contributed by atoms with Crippen LogP contribution in [-0.4, -0.2) is 74.0 Å². The molecule has 7 rings (SSSR count). The lowest BCUT2D eigenvalue weighted by Gasteiger charge is -2.35. The number of benzene rings is 2. The number of halogens is 1. The van der Waals surface area contributed by atoms with Crippen molar-refractivity contribution >= 4 is 35.8 Å². The molecule has 274 valence electrons. The smallest absolute Gasteiger partial charge is 0.270 e. The summed E-state index contributed by atoms with van der Waals surface area (Å²) in [5, 5.41) is 20.8. The molecule has 4 aromatic rings. The second-order valence-corrected chi connectivity index (χ2v) is 14.4. The number of amides is 3. The number of hydrogen-bond donors (Lipinski definition) is 5. The molecule has 14 heteroatoms. The predicted molar refractivity (Wildman–Crippen MR) is 200 cm³/mol. The van der Waals surface area contributed by atoms with Crippen LogP contribution in [0.5, 0.6) is 0 Å². The number of primary amides is 1. The van der Waals surface area contributed by atoms with Gasteiger partial charge in [-0.25, -0.2) is 5.10 Å². The highest BCUT2D eigenvalue weighted by Gasteiger charge is 2.36. The molecule has 13 nitrogen and oxygen atoms in total. The standard InChI is InChI=1S/C38H46N10O3.ClH/c1-22-16-33(37(50)43-30-18-28-12-13-29(19-30)42-28)41-21-32(22)25-6-2-23(3-7-25)17-34(35(40)49)48(38(51)27-8-4-24(20-39)5-9-27)31-14-10-26(11-15-31)36-44-46-47-45-36;/h2-3,6-7,10-11,14-16,21,24,27-30,34,42H,4-5,8-9,12-13,17-20,39H2,1H3,(H2,40,49)(H,43,50)(H,44,45,46,47);1H/t24-,27-,28-,29+,30?,34-;/m0./s1. The number of carbonyl (C=O) groups is 3. The van der Waals surface area contributed by atoms with Gasteiger partial charge in [0.15, 0.2) is 5.82 Å². The van der Waals surface area contributed by atoms with Crippen molar-refractivity contribution < 1.29 is 14.4 Å². The molecule has 1 unspecified atom stereocenters. The van der Waals surface area contributed by atoms with Gasteiger partial charge in [-0.15, -0.1) is 17.5 Å². The summed E-state index contributed by atoms with van der Waals surface area (Å²) in [6.07, 6.45) is 9.43. The molecule has 3 fully saturated rings. The Labute approximate surface area is 309 Å². The van der Waals surface area contributed by atoms with E-state index < -0.39 is 11.9 Å². The highest BCUT2D eigenvalue weighted by molar-refractivity contribution is 6.02. The largest absolute Gasteiger partial charge is 0.368 e. The number of hydrogen-bond acceptors (Lipinski definition) is 9. The monoisotopic (exact) mass is 726 g/mol. The minimum atomic E-state index is -0.912. The molecule has 1 saturated carbocycles. The normalized spacial score (nSPS) is 22.9. The number of pyridine rings is 1. The van der Waals surface area contributed by atoms with Crippen molar-refractivity contribution in [2.45, 2.75) is 88.9 Å². The molecule has 2 aromatic carbocycles. The first kappa shape index (κ1) is 37.1. The Morgan fingerprint density at radius 3 is 2.21 bits per heavy atom. The van der Waals surface area contributed by atoms with Gasteiger partial charge in [0.25, 0.3) is 5.91 Å². The first-order valence-corrected chi connectivity index (χ1v) is 18.0. The van der Waals surface area contributed by atoms with E-state index in [1.165, 1.54) is 12.8 Å². The quantitative estimate of drug-likeness (QED) is 0.152. The lowest BCUT2D eigenvalue weighted by Crippen LogP contribution is -2.52. The Balaban J connectivity index is 0.00000464. The number of rotatable bonds is 11. The third-order valence-corrected chi connectivity index (χ3v) is 11.0. The summed E-state index contributed by atoms with van der Waals surface area (Å²) in [6.45, 7) is 2.58. The molecule has 0 radical (unpaired) electrons. The van der Waals surface area contributed by atoms with E-state index in [0.29, 0.717) is 54.6 Å². The van der Waals surface area contributed by atoms with Gasteiger partial charge in [0.1, 0.15) is 11.7 Å². The molecule has 2 bridgehead atoms. The molecule has 2 saturated heterocycles. The van der Waals surface area contributed by atoms with Crippen LogP contribution in [0.3, 0.4) is 0 Å². The van der Waals surface area contributed by atoms with E-state index in [4.69, 9.17) is 11.5 Å². The van der Waals surface area contributed by atoms with E-state index >= 15 is 0 Å². The van der Waals surface area contributed by atoms with Crippen LogP contribution in [-0.2, 0) is 16.0 Å². The van der Waals surface area contributed by atoms with Gasteiger partial charge in [0, 0.05) is 53.5 Å². The van der Waals surface area contributed by atoms with E-state index in [1.54, 1.807) is 23.2 Å². The number of nitrogens with zero attached hydrogens (tertiary/aromatic N) is 5. The summed E-state index contributed by atoms with van der Waals surface area (Å²) in [7, 11) is 0.